The molecule has 0 aliphatic carbocycles. The normalized spacial score (nSPS) is 12.6. The van der Waals surface area contributed by atoms with E-state index in [0.717, 1.165) is 6.42 Å². The van der Waals surface area contributed by atoms with E-state index in [1.165, 1.54) is 16.7 Å². The number of benzene rings is 1. The molecule has 0 amide bonds. The molecule has 2 rings (SSSR count). The summed E-state index contributed by atoms with van der Waals surface area (Å²) >= 11 is 0. The highest BCUT2D eigenvalue weighted by Gasteiger charge is 2.12. The molecule has 0 saturated heterocycles. The van der Waals surface area contributed by atoms with Crippen LogP contribution in [0.25, 0.3) is 0 Å². The maximum absolute atomic E-state index is 5.10. The molecule has 2 aromatic rings. The Morgan fingerprint density at radius 2 is 2.06 bits per heavy atom. The predicted molar refractivity (Wildman–Crippen MR) is 65.4 cm³/mol. The van der Waals surface area contributed by atoms with Crippen LogP contribution in [0.2, 0.25) is 0 Å². The van der Waals surface area contributed by atoms with Crippen LogP contribution in [0.1, 0.15) is 22.7 Å². The molecule has 0 radical (unpaired) electrons. The molecular formula is C14H17NO. The van der Waals surface area contributed by atoms with Crippen molar-refractivity contribution in [1.82, 2.24) is 5.32 Å². The Balaban J connectivity index is 2.20. The molecule has 2 heteroatoms. The van der Waals surface area contributed by atoms with Crippen LogP contribution in [-0.2, 0) is 6.42 Å². The molecule has 2 nitrogen and oxygen atoms in total. The van der Waals surface area contributed by atoms with Crippen LogP contribution >= 0.6 is 0 Å². The zero-order valence-corrected chi connectivity index (χ0v) is 9.73. The largest absolute Gasteiger partial charge is 0.472 e. The highest BCUT2D eigenvalue weighted by Crippen LogP contribution is 2.21. The van der Waals surface area contributed by atoms with Gasteiger partial charge in [-0.3, -0.25) is 0 Å². The lowest BCUT2D eigenvalue weighted by Crippen LogP contribution is -2.19. The van der Waals surface area contributed by atoms with E-state index in [9.17, 15) is 0 Å². The Hall–Kier alpha value is -1.54. The maximum Gasteiger partial charge on any atom is 0.0935 e. The standard InChI is InChI=1S/C14H17NO/c1-11-5-3-4-6-13(11)14(15-2)9-12-7-8-16-10-12/h3-8,10,14-15H,9H2,1-2H3. The number of hydrogen-bond donors (Lipinski definition) is 1. The van der Waals surface area contributed by atoms with Gasteiger partial charge in [0, 0.05) is 6.04 Å². The Morgan fingerprint density at radius 3 is 2.69 bits per heavy atom. The van der Waals surface area contributed by atoms with Gasteiger partial charge in [0.05, 0.1) is 12.5 Å². The SMILES string of the molecule is CNC(Cc1ccoc1)c1ccccc1C. The summed E-state index contributed by atoms with van der Waals surface area (Å²) in [5.74, 6) is 0. The molecule has 0 bridgehead atoms. The van der Waals surface area contributed by atoms with Gasteiger partial charge >= 0.3 is 0 Å². The van der Waals surface area contributed by atoms with E-state index in [1.807, 2.05) is 19.4 Å². The van der Waals surface area contributed by atoms with Crippen molar-refractivity contribution in [2.24, 2.45) is 0 Å². The zero-order valence-electron chi connectivity index (χ0n) is 9.73. The molecule has 1 aromatic heterocycles. The van der Waals surface area contributed by atoms with E-state index in [0.29, 0.717) is 6.04 Å². The van der Waals surface area contributed by atoms with Gasteiger partial charge in [0.15, 0.2) is 0 Å². The van der Waals surface area contributed by atoms with Gasteiger partial charge in [0.2, 0.25) is 0 Å². The van der Waals surface area contributed by atoms with E-state index in [1.54, 1.807) is 6.26 Å². The van der Waals surface area contributed by atoms with Crippen LogP contribution < -0.4 is 5.32 Å². The summed E-state index contributed by atoms with van der Waals surface area (Å²) in [6.07, 6.45) is 4.49. The summed E-state index contributed by atoms with van der Waals surface area (Å²) in [5.41, 5.74) is 3.90. The Morgan fingerprint density at radius 1 is 1.25 bits per heavy atom. The Kier molecular flexibility index (Phi) is 3.42. The number of nitrogens with one attached hydrogen (secondary N) is 1. The van der Waals surface area contributed by atoms with Crippen molar-refractivity contribution in [2.75, 3.05) is 7.05 Å². The highest BCUT2D eigenvalue weighted by molar-refractivity contribution is 5.30. The van der Waals surface area contributed by atoms with Gasteiger partial charge in [-0.1, -0.05) is 24.3 Å². The smallest absolute Gasteiger partial charge is 0.0935 e. The Bertz CT molecular complexity index is 434. The monoisotopic (exact) mass is 215 g/mol. The first-order chi connectivity index (χ1) is 7.81. The number of hydrogen-bond acceptors (Lipinski definition) is 2. The lowest BCUT2D eigenvalue weighted by Gasteiger charge is -2.17. The highest BCUT2D eigenvalue weighted by atomic mass is 16.3. The molecule has 84 valence electrons. The van der Waals surface area contributed by atoms with Crippen LogP contribution in [0.15, 0.2) is 47.3 Å². The number of likely N-dealkylation sites (N-methyl/N-ethyl adjacent to an activating group) is 1. The summed E-state index contributed by atoms with van der Waals surface area (Å²) in [6, 6.07) is 10.8. The number of rotatable bonds is 4. The molecule has 1 N–H and O–H groups in total. The van der Waals surface area contributed by atoms with E-state index >= 15 is 0 Å². The van der Waals surface area contributed by atoms with Crippen molar-refractivity contribution in [3.05, 3.63) is 59.5 Å². The topological polar surface area (TPSA) is 25.2 Å². The van der Waals surface area contributed by atoms with Crippen molar-refractivity contribution >= 4 is 0 Å². The third kappa shape index (κ3) is 2.34. The number of furan rings is 1. The van der Waals surface area contributed by atoms with Gasteiger partial charge in [0.1, 0.15) is 0 Å². The van der Waals surface area contributed by atoms with Crippen LogP contribution in [0, 0.1) is 6.92 Å². The molecule has 0 fully saturated rings. The van der Waals surface area contributed by atoms with Crippen LogP contribution in [0.4, 0.5) is 0 Å². The molecular weight excluding hydrogens is 198 g/mol. The predicted octanol–water partition coefficient (Wildman–Crippen LogP) is 3.09. The van der Waals surface area contributed by atoms with E-state index in [-0.39, 0.29) is 0 Å². The second-order valence-corrected chi connectivity index (χ2v) is 4.03. The van der Waals surface area contributed by atoms with Gasteiger partial charge in [0.25, 0.3) is 0 Å². The van der Waals surface area contributed by atoms with Crippen molar-refractivity contribution in [1.29, 1.82) is 0 Å². The second-order valence-electron chi connectivity index (χ2n) is 4.03. The fraction of sp³-hybridized carbons (Fsp3) is 0.286. The quantitative estimate of drug-likeness (QED) is 0.847. The van der Waals surface area contributed by atoms with E-state index in [2.05, 4.69) is 36.5 Å². The van der Waals surface area contributed by atoms with Crippen molar-refractivity contribution in [3.8, 4) is 0 Å². The van der Waals surface area contributed by atoms with Crippen molar-refractivity contribution in [2.45, 2.75) is 19.4 Å². The van der Waals surface area contributed by atoms with Gasteiger partial charge in [-0.15, -0.1) is 0 Å². The fourth-order valence-electron chi connectivity index (χ4n) is 1.99. The molecule has 16 heavy (non-hydrogen) atoms. The molecule has 1 atom stereocenters. The van der Waals surface area contributed by atoms with Crippen LogP contribution in [0.5, 0.6) is 0 Å². The third-order valence-corrected chi connectivity index (χ3v) is 2.93. The van der Waals surface area contributed by atoms with Gasteiger partial charge < -0.3 is 9.73 Å². The summed E-state index contributed by atoms with van der Waals surface area (Å²) in [4.78, 5) is 0. The van der Waals surface area contributed by atoms with Crippen LogP contribution in [0.3, 0.4) is 0 Å². The van der Waals surface area contributed by atoms with Gasteiger partial charge in [-0.2, -0.15) is 0 Å². The minimum absolute atomic E-state index is 0.346. The summed E-state index contributed by atoms with van der Waals surface area (Å²) < 4.78 is 5.10. The van der Waals surface area contributed by atoms with Crippen molar-refractivity contribution < 1.29 is 4.42 Å². The first kappa shape index (κ1) is 11.0. The fourth-order valence-corrected chi connectivity index (χ4v) is 1.99. The van der Waals surface area contributed by atoms with Crippen molar-refractivity contribution in [3.63, 3.8) is 0 Å². The first-order valence-corrected chi connectivity index (χ1v) is 5.55. The third-order valence-electron chi connectivity index (χ3n) is 2.93. The minimum Gasteiger partial charge on any atom is -0.472 e. The average molecular weight is 215 g/mol. The lowest BCUT2D eigenvalue weighted by molar-refractivity contribution is 0.551. The number of aryl methyl sites for hydroxylation is 1. The molecule has 0 aliphatic heterocycles. The molecule has 0 saturated carbocycles. The summed E-state index contributed by atoms with van der Waals surface area (Å²) in [5, 5.41) is 3.36. The summed E-state index contributed by atoms with van der Waals surface area (Å²) in [7, 11) is 2.00. The second kappa shape index (κ2) is 4.99. The van der Waals surface area contributed by atoms with Gasteiger partial charge in [-0.25, -0.2) is 0 Å². The minimum atomic E-state index is 0.346. The van der Waals surface area contributed by atoms with E-state index in [4.69, 9.17) is 4.42 Å². The Labute approximate surface area is 96.3 Å². The maximum atomic E-state index is 5.10. The van der Waals surface area contributed by atoms with E-state index < -0.39 is 0 Å². The zero-order chi connectivity index (χ0) is 11.4. The van der Waals surface area contributed by atoms with Gasteiger partial charge in [-0.05, 0) is 43.1 Å². The average Bonchev–Trinajstić information content (AvgIpc) is 2.80. The van der Waals surface area contributed by atoms with Crippen LogP contribution in [-0.4, -0.2) is 7.05 Å². The molecule has 1 unspecified atom stereocenters. The first-order valence-electron chi connectivity index (χ1n) is 5.55. The molecule has 1 aromatic carbocycles. The molecule has 0 aliphatic rings. The summed E-state index contributed by atoms with van der Waals surface area (Å²) in [6.45, 7) is 2.15. The molecule has 0 spiro atoms. The lowest BCUT2D eigenvalue weighted by atomic mass is 9.97. The molecule has 1 heterocycles.